The molecule has 3 N–H and O–H groups in total. The molecule has 0 radical (unpaired) electrons. The topological polar surface area (TPSA) is 67.1 Å². The Kier molecular flexibility index (Phi) is 4.15. The van der Waals surface area contributed by atoms with Crippen LogP contribution < -0.4 is 16.2 Å². The van der Waals surface area contributed by atoms with E-state index in [0.29, 0.717) is 17.2 Å². The standard InChI is InChI=1S/C16H29N5/c1-15(2,3)11-7-8-21(10-11)13-9-12(20-17)18-14(19-13)16(4,5)6/h9,11H,7-8,10,17H2,1-6H3,(H,18,19,20). The SMILES string of the molecule is CC(C)(C)c1nc(NN)cc(N2CCC(C(C)(C)C)C2)n1. The molecule has 1 fully saturated rings. The van der Waals surface area contributed by atoms with Gasteiger partial charge in [-0.25, -0.2) is 15.8 Å². The van der Waals surface area contributed by atoms with E-state index in [0.717, 1.165) is 24.7 Å². The van der Waals surface area contributed by atoms with Gasteiger partial charge in [0.25, 0.3) is 0 Å². The molecular weight excluding hydrogens is 262 g/mol. The molecule has 2 rings (SSSR count). The molecule has 0 saturated carbocycles. The molecular formula is C16H29N5. The van der Waals surface area contributed by atoms with Crippen molar-refractivity contribution < 1.29 is 0 Å². The number of aromatic nitrogens is 2. The van der Waals surface area contributed by atoms with Crippen molar-refractivity contribution in [1.29, 1.82) is 0 Å². The molecule has 1 aliphatic rings. The summed E-state index contributed by atoms with van der Waals surface area (Å²) in [6.45, 7) is 15.4. The van der Waals surface area contributed by atoms with Crippen LogP contribution in [0.4, 0.5) is 11.6 Å². The summed E-state index contributed by atoms with van der Waals surface area (Å²) in [6, 6.07) is 1.94. The van der Waals surface area contributed by atoms with Crippen molar-refractivity contribution >= 4 is 11.6 Å². The van der Waals surface area contributed by atoms with Gasteiger partial charge in [-0.05, 0) is 17.8 Å². The van der Waals surface area contributed by atoms with E-state index < -0.39 is 0 Å². The average molecular weight is 291 g/mol. The van der Waals surface area contributed by atoms with Gasteiger partial charge < -0.3 is 10.3 Å². The third-order valence-corrected chi connectivity index (χ3v) is 4.27. The van der Waals surface area contributed by atoms with Crippen LogP contribution in [0.15, 0.2) is 6.07 Å². The second-order valence-corrected chi connectivity index (χ2v) is 8.13. The van der Waals surface area contributed by atoms with Gasteiger partial charge in [0.1, 0.15) is 17.5 Å². The lowest BCUT2D eigenvalue weighted by molar-refractivity contribution is 0.263. The fraction of sp³-hybridized carbons (Fsp3) is 0.750. The van der Waals surface area contributed by atoms with Gasteiger partial charge in [0.05, 0.1) is 0 Å². The Morgan fingerprint density at radius 2 is 1.86 bits per heavy atom. The molecule has 0 aromatic carbocycles. The predicted octanol–water partition coefficient (Wildman–Crippen LogP) is 2.93. The van der Waals surface area contributed by atoms with Gasteiger partial charge in [-0.3, -0.25) is 0 Å². The zero-order valence-corrected chi connectivity index (χ0v) is 14.2. The first-order valence-electron chi connectivity index (χ1n) is 7.72. The van der Waals surface area contributed by atoms with Crippen molar-refractivity contribution in [3.63, 3.8) is 0 Å². The molecule has 2 heterocycles. The minimum atomic E-state index is -0.0925. The zero-order chi connectivity index (χ0) is 15.8. The highest BCUT2D eigenvalue weighted by molar-refractivity contribution is 5.50. The second kappa shape index (κ2) is 5.44. The molecule has 0 bridgehead atoms. The number of anilines is 2. The van der Waals surface area contributed by atoms with Gasteiger partial charge in [-0.1, -0.05) is 41.5 Å². The van der Waals surface area contributed by atoms with Crippen molar-refractivity contribution in [2.75, 3.05) is 23.4 Å². The summed E-state index contributed by atoms with van der Waals surface area (Å²) in [4.78, 5) is 11.6. The van der Waals surface area contributed by atoms with Crippen LogP contribution in [-0.4, -0.2) is 23.1 Å². The molecule has 1 aromatic rings. The minimum absolute atomic E-state index is 0.0925. The van der Waals surface area contributed by atoms with E-state index in [4.69, 9.17) is 10.8 Å². The van der Waals surface area contributed by atoms with E-state index >= 15 is 0 Å². The number of nitrogens with one attached hydrogen (secondary N) is 1. The summed E-state index contributed by atoms with van der Waals surface area (Å²) >= 11 is 0. The van der Waals surface area contributed by atoms with Gasteiger partial charge in [0.2, 0.25) is 0 Å². The number of hydrogen-bond acceptors (Lipinski definition) is 5. The van der Waals surface area contributed by atoms with E-state index in [2.05, 4.69) is 56.9 Å². The minimum Gasteiger partial charge on any atom is -0.356 e. The van der Waals surface area contributed by atoms with Crippen LogP contribution in [0.25, 0.3) is 0 Å². The third-order valence-electron chi connectivity index (χ3n) is 4.27. The summed E-state index contributed by atoms with van der Waals surface area (Å²) in [6.07, 6.45) is 1.21. The van der Waals surface area contributed by atoms with Crippen molar-refractivity contribution in [2.45, 2.75) is 53.4 Å². The number of rotatable bonds is 2. The van der Waals surface area contributed by atoms with E-state index in [-0.39, 0.29) is 5.41 Å². The highest BCUT2D eigenvalue weighted by Crippen LogP contribution is 2.35. The first-order valence-corrected chi connectivity index (χ1v) is 7.72. The molecule has 1 unspecified atom stereocenters. The Labute approximate surface area is 128 Å². The molecule has 21 heavy (non-hydrogen) atoms. The molecule has 1 atom stereocenters. The van der Waals surface area contributed by atoms with Crippen molar-refractivity contribution in [3.8, 4) is 0 Å². The smallest absolute Gasteiger partial charge is 0.145 e. The van der Waals surface area contributed by atoms with Crippen LogP contribution in [0, 0.1) is 11.3 Å². The van der Waals surface area contributed by atoms with Gasteiger partial charge >= 0.3 is 0 Å². The van der Waals surface area contributed by atoms with E-state index in [1.165, 1.54) is 6.42 Å². The lowest BCUT2D eigenvalue weighted by atomic mass is 9.80. The van der Waals surface area contributed by atoms with Crippen molar-refractivity contribution in [1.82, 2.24) is 9.97 Å². The Morgan fingerprint density at radius 1 is 1.19 bits per heavy atom. The average Bonchev–Trinajstić information content (AvgIpc) is 2.86. The molecule has 0 spiro atoms. The Bertz CT molecular complexity index is 498. The van der Waals surface area contributed by atoms with Gasteiger partial charge in [0, 0.05) is 24.6 Å². The first kappa shape index (κ1) is 16.0. The van der Waals surface area contributed by atoms with Gasteiger partial charge in [0.15, 0.2) is 0 Å². The summed E-state index contributed by atoms with van der Waals surface area (Å²) in [5, 5.41) is 0. The van der Waals surface area contributed by atoms with Crippen LogP contribution in [0.5, 0.6) is 0 Å². The fourth-order valence-electron chi connectivity index (χ4n) is 2.68. The largest absolute Gasteiger partial charge is 0.356 e. The summed E-state index contributed by atoms with van der Waals surface area (Å²) in [5.74, 6) is 8.75. The zero-order valence-electron chi connectivity index (χ0n) is 14.2. The van der Waals surface area contributed by atoms with Crippen molar-refractivity contribution in [2.24, 2.45) is 17.2 Å². The highest BCUT2D eigenvalue weighted by Gasteiger charge is 2.33. The monoisotopic (exact) mass is 291 g/mol. The normalized spacial score (nSPS) is 20.0. The lowest BCUT2D eigenvalue weighted by Gasteiger charge is -2.27. The fourth-order valence-corrected chi connectivity index (χ4v) is 2.68. The first-order chi connectivity index (χ1) is 9.61. The van der Waals surface area contributed by atoms with Crippen molar-refractivity contribution in [3.05, 3.63) is 11.9 Å². The summed E-state index contributed by atoms with van der Waals surface area (Å²) < 4.78 is 0. The molecule has 118 valence electrons. The summed E-state index contributed by atoms with van der Waals surface area (Å²) in [5.41, 5.74) is 2.91. The number of hydrogen-bond donors (Lipinski definition) is 2. The van der Waals surface area contributed by atoms with E-state index in [9.17, 15) is 0 Å². The molecule has 5 nitrogen and oxygen atoms in total. The quantitative estimate of drug-likeness (QED) is 0.648. The predicted molar refractivity (Wildman–Crippen MR) is 88.3 cm³/mol. The molecule has 0 amide bonds. The van der Waals surface area contributed by atoms with E-state index in [1.807, 2.05) is 6.07 Å². The van der Waals surface area contributed by atoms with E-state index in [1.54, 1.807) is 0 Å². The number of nitrogens with two attached hydrogens (primary N) is 1. The Hall–Kier alpha value is -1.36. The van der Waals surface area contributed by atoms with Crippen LogP contribution >= 0.6 is 0 Å². The Morgan fingerprint density at radius 3 is 2.33 bits per heavy atom. The highest BCUT2D eigenvalue weighted by atomic mass is 15.3. The number of nitrogens with zero attached hydrogens (tertiary/aromatic N) is 3. The van der Waals surface area contributed by atoms with Gasteiger partial charge in [-0.15, -0.1) is 0 Å². The molecule has 1 saturated heterocycles. The maximum atomic E-state index is 5.57. The Balaban J connectivity index is 2.28. The van der Waals surface area contributed by atoms with Gasteiger partial charge in [-0.2, -0.15) is 0 Å². The number of nitrogen functional groups attached to an aromatic ring is 1. The van der Waals surface area contributed by atoms with Crippen LogP contribution in [0.3, 0.4) is 0 Å². The second-order valence-electron chi connectivity index (χ2n) is 8.13. The third kappa shape index (κ3) is 3.64. The molecule has 1 aromatic heterocycles. The molecule has 1 aliphatic heterocycles. The maximum Gasteiger partial charge on any atom is 0.145 e. The molecule has 5 heteroatoms. The summed E-state index contributed by atoms with van der Waals surface area (Å²) in [7, 11) is 0. The van der Waals surface area contributed by atoms with Crippen LogP contribution in [0.2, 0.25) is 0 Å². The molecule has 0 aliphatic carbocycles. The number of hydrazine groups is 1. The van der Waals surface area contributed by atoms with Crippen LogP contribution in [-0.2, 0) is 5.41 Å². The van der Waals surface area contributed by atoms with Crippen LogP contribution in [0.1, 0.15) is 53.8 Å². The lowest BCUT2D eigenvalue weighted by Crippen LogP contribution is -2.28. The maximum absolute atomic E-state index is 5.57.